The first kappa shape index (κ1) is 8.22. The fraction of sp³-hybridized carbons (Fsp3) is 0.462. The molecule has 0 radical (unpaired) electrons. The Hall–Kier alpha value is -1.11. The highest BCUT2D eigenvalue weighted by Gasteiger charge is 2.28. The molecular formula is C13H14O. The molecule has 0 aromatic heterocycles. The van der Waals surface area contributed by atoms with Crippen molar-refractivity contribution in [2.24, 2.45) is 0 Å². The Bertz CT molecular complexity index is 343. The van der Waals surface area contributed by atoms with Gasteiger partial charge in [0.25, 0.3) is 0 Å². The molecule has 0 amide bonds. The summed E-state index contributed by atoms with van der Waals surface area (Å²) >= 11 is 0. The Kier molecular flexibility index (Phi) is 1.73. The van der Waals surface area contributed by atoms with E-state index in [9.17, 15) is 4.79 Å². The Morgan fingerprint density at radius 2 is 1.43 bits per heavy atom. The van der Waals surface area contributed by atoms with Gasteiger partial charge in [0.05, 0.1) is 0 Å². The van der Waals surface area contributed by atoms with Crippen LogP contribution < -0.4 is 0 Å². The smallest absolute Gasteiger partial charge is 0.150 e. The molecule has 0 aliphatic heterocycles. The van der Waals surface area contributed by atoms with E-state index in [4.69, 9.17) is 0 Å². The van der Waals surface area contributed by atoms with Crippen molar-refractivity contribution in [3.05, 3.63) is 34.9 Å². The van der Waals surface area contributed by atoms with Crippen LogP contribution in [0.15, 0.2) is 18.2 Å². The lowest BCUT2D eigenvalue weighted by atomic mass is 10.0. The van der Waals surface area contributed by atoms with Crippen LogP contribution in [0, 0.1) is 0 Å². The summed E-state index contributed by atoms with van der Waals surface area (Å²) in [7, 11) is 0. The molecule has 0 heterocycles. The molecule has 1 nitrogen and oxygen atoms in total. The zero-order chi connectivity index (χ0) is 9.54. The predicted molar refractivity (Wildman–Crippen MR) is 55.8 cm³/mol. The zero-order valence-corrected chi connectivity index (χ0v) is 8.20. The Morgan fingerprint density at radius 3 is 1.79 bits per heavy atom. The molecule has 2 aliphatic rings. The molecular weight excluding hydrogens is 172 g/mol. The number of hydrogen-bond donors (Lipinski definition) is 0. The highest BCUT2D eigenvalue weighted by molar-refractivity contribution is 5.75. The van der Waals surface area contributed by atoms with Crippen LogP contribution in [0.1, 0.15) is 59.0 Å². The van der Waals surface area contributed by atoms with Crippen LogP contribution in [0.5, 0.6) is 0 Å². The van der Waals surface area contributed by atoms with Gasteiger partial charge >= 0.3 is 0 Å². The van der Waals surface area contributed by atoms with E-state index in [2.05, 4.69) is 18.2 Å². The monoisotopic (exact) mass is 186 g/mol. The second-order valence-corrected chi connectivity index (χ2v) is 4.60. The standard InChI is InChI=1S/C13H14O/c14-8-9-5-12(10-1-2-10)7-13(6-9)11-3-4-11/h5-8,10-11H,1-4H2. The average molecular weight is 186 g/mol. The van der Waals surface area contributed by atoms with Gasteiger partial charge in [-0.3, -0.25) is 4.79 Å². The van der Waals surface area contributed by atoms with E-state index in [0.29, 0.717) is 0 Å². The molecule has 72 valence electrons. The van der Waals surface area contributed by atoms with E-state index in [1.165, 1.54) is 36.8 Å². The summed E-state index contributed by atoms with van der Waals surface area (Å²) in [6.45, 7) is 0. The maximum Gasteiger partial charge on any atom is 0.150 e. The Morgan fingerprint density at radius 1 is 0.929 bits per heavy atom. The van der Waals surface area contributed by atoms with E-state index in [1.807, 2.05) is 0 Å². The molecule has 3 rings (SSSR count). The van der Waals surface area contributed by atoms with E-state index >= 15 is 0 Å². The number of carbonyl (C=O) groups is 1. The summed E-state index contributed by atoms with van der Waals surface area (Å²) in [5.41, 5.74) is 3.67. The average Bonchev–Trinajstić information content (AvgIpc) is 3.07. The Balaban J connectivity index is 2.01. The van der Waals surface area contributed by atoms with Crippen LogP contribution in [0.2, 0.25) is 0 Å². The van der Waals surface area contributed by atoms with Crippen molar-refractivity contribution in [1.29, 1.82) is 0 Å². The molecule has 0 spiro atoms. The molecule has 2 saturated carbocycles. The van der Waals surface area contributed by atoms with Crippen molar-refractivity contribution >= 4 is 6.29 Å². The third-order valence-electron chi connectivity index (χ3n) is 3.23. The summed E-state index contributed by atoms with van der Waals surface area (Å²) in [5.74, 6) is 1.51. The fourth-order valence-electron chi connectivity index (χ4n) is 2.08. The van der Waals surface area contributed by atoms with Crippen molar-refractivity contribution in [1.82, 2.24) is 0 Å². The van der Waals surface area contributed by atoms with Gasteiger partial charge < -0.3 is 0 Å². The number of hydrogen-bond acceptors (Lipinski definition) is 1. The number of benzene rings is 1. The van der Waals surface area contributed by atoms with E-state index < -0.39 is 0 Å². The largest absolute Gasteiger partial charge is 0.298 e. The molecule has 2 fully saturated rings. The maximum absolute atomic E-state index is 10.8. The normalized spacial score (nSPS) is 20.9. The van der Waals surface area contributed by atoms with Gasteiger partial charge in [-0.15, -0.1) is 0 Å². The van der Waals surface area contributed by atoms with Crippen LogP contribution in [0.25, 0.3) is 0 Å². The van der Waals surface area contributed by atoms with Crippen LogP contribution in [0.4, 0.5) is 0 Å². The molecule has 0 bridgehead atoms. The van der Waals surface area contributed by atoms with Gasteiger partial charge in [0, 0.05) is 5.56 Å². The molecule has 1 heteroatoms. The van der Waals surface area contributed by atoms with Crippen LogP contribution in [0.3, 0.4) is 0 Å². The first-order chi connectivity index (χ1) is 6.86. The summed E-state index contributed by atoms with van der Waals surface area (Å²) in [4.78, 5) is 10.8. The van der Waals surface area contributed by atoms with Crippen molar-refractivity contribution in [3.8, 4) is 0 Å². The molecule has 14 heavy (non-hydrogen) atoms. The van der Waals surface area contributed by atoms with Crippen LogP contribution in [-0.2, 0) is 0 Å². The van der Waals surface area contributed by atoms with Crippen LogP contribution in [-0.4, -0.2) is 6.29 Å². The minimum absolute atomic E-state index is 0.757. The van der Waals surface area contributed by atoms with Crippen molar-refractivity contribution < 1.29 is 4.79 Å². The topological polar surface area (TPSA) is 17.1 Å². The second kappa shape index (κ2) is 2.94. The molecule has 1 aromatic carbocycles. The molecule has 0 unspecified atom stereocenters. The molecule has 0 saturated heterocycles. The lowest BCUT2D eigenvalue weighted by Gasteiger charge is -2.04. The highest BCUT2D eigenvalue weighted by atomic mass is 16.1. The number of carbonyl (C=O) groups excluding carboxylic acids is 1. The summed E-state index contributed by atoms with van der Waals surface area (Å²) in [6.07, 6.45) is 6.23. The SMILES string of the molecule is O=Cc1cc(C2CC2)cc(C2CC2)c1. The minimum atomic E-state index is 0.757. The van der Waals surface area contributed by atoms with Crippen molar-refractivity contribution in [2.45, 2.75) is 37.5 Å². The summed E-state index contributed by atoms with van der Waals surface area (Å²) in [5, 5.41) is 0. The quantitative estimate of drug-likeness (QED) is 0.662. The van der Waals surface area contributed by atoms with E-state index in [0.717, 1.165) is 23.7 Å². The minimum Gasteiger partial charge on any atom is -0.298 e. The predicted octanol–water partition coefficient (Wildman–Crippen LogP) is 3.25. The number of rotatable bonds is 3. The molecule has 0 N–H and O–H groups in total. The van der Waals surface area contributed by atoms with Gasteiger partial charge in [-0.25, -0.2) is 0 Å². The van der Waals surface area contributed by atoms with E-state index in [1.54, 1.807) is 0 Å². The van der Waals surface area contributed by atoms with Crippen molar-refractivity contribution in [3.63, 3.8) is 0 Å². The lowest BCUT2D eigenvalue weighted by molar-refractivity contribution is 0.112. The van der Waals surface area contributed by atoms with E-state index in [-0.39, 0.29) is 0 Å². The van der Waals surface area contributed by atoms with Crippen LogP contribution >= 0.6 is 0 Å². The summed E-state index contributed by atoms with van der Waals surface area (Å²) < 4.78 is 0. The number of aldehydes is 1. The van der Waals surface area contributed by atoms with Gasteiger partial charge in [0.15, 0.2) is 0 Å². The van der Waals surface area contributed by atoms with Gasteiger partial charge in [-0.2, -0.15) is 0 Å². The lowest BCUT2D eigenvalue weighted by Crippen LogP contribution is -1.90. The first-order valence-electron chi connectivity index (χ1n) is 5.47. The third kappa shape index (κ3) is 1.47. The van der Waals surface area contributed by atoms with Crippen molar-refractivity contribution in [2.75, 3.05) is 0 Å². The maximum atomic E-state index is 10.8. The zero-order valence-electron chi connectivity index (χ0n) is 8.20. The highest BCUT2D eigenvalue weighted by Crippen LogP contribution is 2.45. The molecule has 2 aliphatic carbocycles. The Labute approximate surface area is 84.1 Å². The van der Waals surface area contributed by atoms with Gasteiger partial charge in [-0.1, -0.05) is 6.07 Å². The first-order valence-corrected chi connectivity index (χ1v) is 5.47. The molecule has 1 aromatic rings. The van der Waals surface area contributed by atoms with Gasteiger partial charge in [0.1, 0.15) is 6.29 Å². The summed E-state index contributed by atoms with van der Waals surface area (Å²) in [6, 6.07) is 6.45. The second-order valence-electron chi connectivity index (χ2n) is 4.60. The van der Waals surface area contributed by atoms with Gasteiger partial charge in [0.2, 0.25) is 0 Å². The van der Waals surface area contributed by atoms with Gasteiger partial charge in [-0.05, 0) is 60.8 Å². The molecule has 0 atom stereocenters. The fourth-order valence-corrected chi connectivity index (χ4v) is 2.08. The third-order valence-corrected chi connectivity index (χ3v) is 3.23.